The minimum absolute atomic E-state index is 0.0277. The fourth-order valence-electron chi connectivity index (χ4n) is 5.33. The summed E-state index contributed by atoms with van der Waals surface area (Å²) in [5, 5.41) is 8.50. The van der Waals surface area contributed by atoms with E-state index < -0.39 is 53.7 Å². The first kappa shape index (κ1) is 31.7. The van der Waals surface area contributed by atoms with Crippen LogP contribution in [0.2, 0.25) is 5.02 Å². The van der Waals surface area contributed by atoms with Gasteiger partial charge in [0.05, 0.1) is 29.9 Å². The molecule has 1 N–H and O–H groups in total. The Morgan fingerprint density at radius 1 is 1.00 bits per heavy atom. The number of ether oxygens (including phenoxy) is 2. The highest BCUT2D eigenvalue weighted by molar-refractivity contribution is 6.31. The van der Waals surface area contributed by atoms with Crippen molar-refractivity contribution in [3.63, 3.8) is 0 Å². The molecule has 3 atom stereocenters. The molecule has 2 aliphatic rings. The summed E-state index contributed by atoms with van der Waals surface area (Å²) in [6, 6.07) is 16.5. The summed E-state index contributed by atoms with van der Waals surface area (Å²) in [6.45, 7) is 1.17. The van der Waals surface area contributed by atoms with Crippen molar-refractivity contribution in [2.24, 2.45) is 0 Å². The van der Waals surface area contributed by atoms with Crippen molar-refractivity contribution in [1.29, 1.82) is 0 Å². The summed E-state index contributed by atoms with van der Waals surface area (Å²) in [5.74, 6) is -0.689. The van der Waals surface area contributed by atoms with Gasteiger partial charge in [-0.3, -0.25) is 4.79 Å². The molecule has 0 radical (unpaired) electrons. The summed E-state index contributed by atoms with van der Waals surface area (Å²) in [4.78, 5) is 19.5. The van der Waals surface area contributed by atoms with E-state index in [-0.39, 0.29) is 35.2 Å². The first-order valence-electron chi connectivity index (χ1n) is 13.7. The normalized spacial score (nSPS) is 21.7. The summed E-state index contributed by atoms with van der Waals surface area (Å²) in [6.07, 6.45) is -10.5. The van der Waals surface area contributed by atoms with E-state index in [1.165, 1.54) is 0 Å². The number of hydrogen-bond acceptors (Lipinski definition) is 7. The van der Waals surface area contributed by atoms with Gasteiger partial charge in [-0.25, -0.2) is 4.68 Å². The molecule has 1 fully saturated rings. The Labute approximate surface area is 262 Å². The molecular formula is C31H23ClF6N4O4. The maximum Gasteiger partial charge on any atom is 0.416 e. The molecule has 0 saturated carbocycles. The zero-order valence-electron chi connectivity index (χ0n) is 23.7. The zero-order valence-corrected chi connectivity index (χ0v) is 24.5. The number of nitrogens with one attached hydrogen (secondary N) is 1. The van der Waals surface area contributed by atoms with Gasteiger partial charge in [-0.15, -0.1) is 10.6 Å². The second-order valence-electron chi connectivity index (χ2n) is 10.8. The number of alkyl halides is 6. The van der Waals surface area contributed by atoms with Crippen molar-refractivity contribution >= 4 is 17.4 Å². The monoisotopic (exact) mass is 664 g/mol. The summed E-state index contributed by atoms with van der Waals surface area (Å²) >= 11 is 6.33. The Morgan fingerprint density at radius 2 is 1.65 bits per heavy atom. The predicted octanol–water partition coefficient (Wildman–Crippen LogP) is 7.16. The van der Waals surface area contributed by atoms with Crippen LogP contribution in [-0.2, 0) is 33.2 Å². The van der Waals surface area contributed by atoms with Gasteiger partial charge in [0.1, 0.15) is 23.6 Å². The number of carbonyl (C=O) groups is 1. The van der Waals surface area contributed by atoms with Crippen LogP contribution in [0.25, 0.3) is 11.3 Å². The van der Waals surface area contributed by atoms with Crippen molar-refractivity contribution in [1.82, 2.24) is 20.5 Å². The van der Waals surface area contributed by atoms with E-state index in [1.54, 1.807) is 61.5 Å². The van der Waals surface area contributed by atoms with Crippen LogP contribution in [0.3, 0.4) is 0 Å². The van der Waals surface area contributed by atoms with Gasteiger partial charge in [0, 0.05) is 16.1 Å². The Hall–Kier alpha value is -4.24. The molecule has 46 heavy (non-hydrogen) atoms. The molecule has 0 aliphatic carbocycles. The number of benzene rings is 3. The molecule has 2 aliphatic heterocycles. The van der Waals surface area contributed by atoms with Crippen molar-refractivity contribution in [2.75, 3.05) is 6.61 Å². The topological polar surface area (TPSA) is 87.5 Å². The van der Waals surface area contributed by atoms with Gasteiger partial charge >= 0.3 is 12.4 Å². The summed E-state index contributed by atoms with van der Waals surface area (Å²) in [5.41, 5.74) is -0.982. The number of aromatic nitrogens is 3. The first-order valence-corrected chi connectivity index (χ1v) is 14.1. The average Bonchev–Trinajstić information content (AvgIpc) is 3.76. The van der Waals surface area contributed by atoms with Gasteiger partial charge in [0.15, 0.2) is 12.0 Å². The van der Waals surface area contributed by atoms with Crippen molar-refractivity contribution in [2.45, 2.75) is 43.8 Å². The molecule has 4 aromatic rings. The molecular weight excluding hydrogens is 642 g/mol. The maximum absolute atomic E-state index is 14.1. The van der Waals surface area contributed by atoms with Gasteiger partial charge in [-0.1, -0.05) is 65.3 Å². The van der Waals surface area contributed by atoms with Gasteiger partial charge in [0.2, 0.25) is 5.78 Å². The molecule has 0 spiro atoms. The van der Waals surface area contributed by atoms with Gasteiger partial charge in [-0.05, 0) is 36.8 Å². The van der Waals surface area contributed by atoms with E-state index >= 15 is 0 Å². The van der Waals surface area contributed by atoms with Gasteiger partial charge < -0.3 is 14.3 Å². The number of Topliss-reactive ketones (excluding diaryl/α,β-unsaturated/α-hetero) is 1. The quantitative estimate of drug-likeness (QED) is 0.166. The number of hydroxylamine groups is 1. The third kappa shape index (κ3) is 6.00. The lowest BCUT2D eigenvalue weighted by Gasteiger charge is -2.30. The number of hydrogen-bond donors (Lipinski definition) is 1. The number of halogens is 7. The van der Waals surface area contributed by atoms with Crippen molar-refractivity contribution in [3.8, 4) is 11.3 Å². The Balaban J connectivity index is 1.35. The van der Waals surface area contributed by atoms with Crippen LogP contribution in [0.1, 0.15) is 45.8 Å². The molecule has 0 amide bonds. The van der Waals surface area contributed by atoms with Gasteiger partial charge in [-0.2, -0.15) is 26.3 Å². The van der Waals surface area contributed by atoms with Crippen LogP contribution < -0.4 is 5.48 Å². The van der Waals surface area contributed by atoms with Crippen LogP contribution in [0.15, 0.2) is 84.6 Å². The smallest absolute Gasteiger partial charge is 0.415 e. The third-order valence-electron chi connectivity index (χ3n) is 7.64. The first-order chi connectivity index (χ1) is 21.8. The summed E-state index contributed by atoms with van der Waals surface area (Å²) < 4.78 is 94.4. The molecule has 1 aromatic heterocycles. The minimum Gasteiger partial charge on any atom is -0.415 e. The highest BCUT2D eigenvalue weighted by Gasteiger charge is 2.51. The maximum atomic E-state index is 14.1. The Morgan fingerprint density at radius 3 is 2.30 bits per heavy atom. The predicted molar refractivity (Wildman–Crippen MR) is 151 cm³/mol. The van der Waals surface area contributed by atoms with Crippen molar-refractivity contribution in [3.05, 3.63) is 118 Å². The van der Waals surface area contributed by atoms with E-state index in [0.29, 0.717) is 28.3 Å². The molecule has 1 saturated heterocycles. The second kappa shape index (κ2) is 11.8. The highest BCUT2D eigenvalue weighted by Crippen LogP contribution is 2.41. The van der Waals surface area contributed by atoms with Crippen LogP contribution in [-0.4, -0.2) is 39.2 Å². The molecule has 3 unspecified atom stereocenters. The van der Waals surface area contributed by atoms with Gasteiger partial charge in [0.25, 0.3) is 0 Å². The molecule has 3 heterocycles. The number of rotatable bonds is 7. The second-order valence-corrected chi connectivity index (χ2v) is 11.2. The Bertz CT molecular complexity index is 1780. The van der Waals surface area contributed by atoms with Crippen LogP contribution in [0, 0.1) is 0 Å². The molecule has 15 heteroatoms. The highest BCUT2D eigenvalue weighted by atomic mass is 35.5. The number of ketones is 1. The SMILES string of the molecule is CC1(C2OCC(c3ccccc3Cl)O2)NOC=C1C(=O)c1nnn(Cc2cc(C(F)(F)F)cc(C(F)(F)F)c2)c1-c1ccccc1. The van der Waals surface area contributed by atoms with E-state index in [9.17, 15) is 31.1 Å². The molecule has 240 valence electrons. The van der Waals surface area contributed by atoms with E-state index in [0.717, 1.165) is 10.9 Å². The fourth-order valence-corrected chi connectivity index (χ4v) is 5.58. The standard InChI is InChI=1S/C31H23ClF6N4O4/c1-29(28-44-16-24(46-28)21-9-5-6-10-23(21)32)22(15-45-40-29)27(43)25-26(18-7-3-2-4-8-18)42(41-39-25)14-17-11-19(30(33,34)35)13-20(12-17)31(36,37)38/h2-13,15,24,28,40H,14,16H2,1H3. The number of nitrogens with zero attached hydrogens (tertiary/aromatic N) is 3. The Kier molecular flexibility index (Phi) is 8.17. The molecule has 3 aromatic carbocycles. The van der Waals surface area contributed by atoms with Crippen LogP contribution in [0.4, 0.5) is 26.3 Å². The molecule has 6 rings (SSSR count). The number of carbonyl (C=O) groups excluding carboxylic acids is 1. The van der Waals surface area contributed by atoms with E-state index in [2.05, 4.69) is 15.8 Å². The van der Waals surface area contributed by atoms with Crippen LogP contribution in [0.5, 0.6) is 0 Å². The largest absolute Gasteiger partial charge is 0.416 e. The van der Waals surface area contributed by atoms with E-state index in [4.69, 9.17) is 25.9 Å². The lowest BCUT2D eigenvalue weighted by atomic mass is 9.88. The third-order valence-corrected chi connectivity index (χ3v) is 7.98. The zero-order chi connectivity index (χ0) is 32.9. The van der Waals surface area contributed by atoms with Crippen LogP contribution >= 0.6 is 11.6 Å². The lowest BCUT2D eigenvalue weighted by Crippen LogP contribution is -2.52. The van der Waals surface area contributed by atoms with Crippen molar-refractivity contribution < 1.29 is 45.4 Å². The molecule has 0 bridgehead atoms. The average molecular weight is 665 g/mol. The van der Waals surface area contributed by atoms with E-state index in [1.807, 2.05) is 0 Å². The minimum atomic E-state index is -5.04. The fraction of sp³-hybridized carbons (Fsp3) is 0.258. The molecule has 8 nitrogen and oxygen atoms in total. The lowest BCUT2D eigenvalue weighted by molar-refractivity contribution is -0.143. The summed E-state index contributed by atoms with van der Waals surface area (Å²) in [7, 11) is 0.